The molecule has 40 heavy (non-hydrogen) atoms. The summed E-state index contributed by atoms with van der Waals surface area (Å²) in [5.74, 6) is -2.35. The molecule has 2 N–H and O–H groups in total. The summed E-state index contributed by atoms with van der Waals surface area (Å²) in [6, 6.07) is 14.4. The van der Waals surface area contributed by atoms with Gasteiger partial charge < -0.3 is 23.8 Å². The van der Waals surface area contributed by atoms with Gasteiger partial charge in [0.15, 0.2) is 38.0 Å². The lowest BCUT2D eigenvalue weighted by Gasteiger charge is -2.28. The molecule has 2 aromatic heterocycles. The lowest BCUT2D eigenvalue weighted by Crippen LogP contribution is -2.35. The molecule has 0 aliphatic carbocycles. The van der Waals surface area contributed by atoms with Crippen molar-refractivity contribution in [2.45, 2.75) is 16.5 Å². The van der Waals surface area contributed by atoms with E-state index in [4.69, 9.17) is 26.3 Å². The number of hydrogen-bond donors (Lipinski definition) is 2. The number of halogens is 2. The van der Waals surface area contributed by atoms with Gasteiger partial charge in [0.2, 0.25) is 0 Å². The van der Waals surface area contributed by atoms with E-state index in [1.165, 1.54) is 6.07 Å². The van der Waals surface area contributed by atoms with E-state index in [-0.39, 0.29) is 28.9 Å². The van der Waals surface area contributed by atoms with E-state index in [0.29, 0.717) is 34.2 Å². The molecule has 4 aromatic rings. The molecular formula is C25H22ClFN3O7PS2. The first-order chi connectivity index (χ1) is 19.0. The highest BCUT2D eigenvalue weighted by Crippen LogP contribution is 2.47. The molecule has 210 valence electrons. The van der Waals surface area contributed by atoms with Crippen molar-refractivity contribution in [2.75, 3.05) is 19.1 Å². The van der Waals surface area contributed by atoms with Crippen LogP contribution in [0.25, 0.3) is 10.1 Å². The molecule has 2 heterocycles. The Hall–Kier alpha value is -3.08. The van der Waals surface area contributed by atoms with Gasteiger partial charge in [-0.25, -0.2) is 17.4 Å². The fourth-order valence-electron chi connectivity index (χ4n) is 3.69. The predicted octanol–water partition coefficient (Wildman–Crippen LogP) is 3.42. The molecule has 4 rings (SSSR count). The van der Waals surface area contributed by atoms with Crippen LogP contribution in [0.5, 0.6) is 11.5 Å². The molecule has 0 saturated carbocycles. The van der Waals surface area contributed by atoms with Gasteiger partial charge in [-0.1, -0.05) is 12.1 Å². The van der Waals surface area contributed by atoms with E-state index in [2.05, 4.69) is 0 Å². The highest BCUT2D eigenvalue weighted by molar-refractivity contribution is 7.92. The number of sulfonamides is 1. The number of nitriles is 1. The van der Waals surface area contributed by atoms with E-state index in [9.17, 15) is 27.2 Å². The number of nitrogens with one attached hydrogen (secondary N) is 1. The minimum atomic E-state index is -5.40. The van der Waals surface area contributed by atoms with Crippen molar-refractivity contribution in [2.24, 2.45) is 0 Å². The number of hydrogen-bond acceptors (Lipinski definition) is 8. The van der Waals surface area contributed by atoms with Gasteiger partial charge in [0.25, 0.3) is 10.0 Å². The molecule has 2 atom stereocenters. The van der Waals surface area contributed by atoms with Crippen molar-refractivity contribution < 1.29 is 41.2 Å². The third kappa shape index (κ3) is 7.16. The molecular weight excluding hydrogens is 604 g/mol. The molecule has 0 saturated heterocycles. The molecule has 2 aromatic carbocycles. The fraction of sp³-hybridized carbons (Fsp3) is 0.200. The summed E-state index contributed by atoms with van der Waals surface area (Å²) < 4.78 is 68.4. The zero-order valence-electron chi connectivity index (χ0n) is 20.6. The minimum absolute atomic E-state index is 0.172. The van der Waals surface area contributed by atoms with Crippen LogP contribution >= 0.6 is 30.5 Å². The normalized spacial score (nSPS) is 13.9. The van der Waals surface area contributed by atoms with Crippen LogP contribution in [0.2, 0.25) is 0 Å². The number of nitrogens with zero attached hydrogens (tertiary/aromatic N) is 2. The van der Waals surface area contributed by atoms with E-state index in [1.54, 1.807) is 18.2 Å². The molecule has 0 aliphatic rings. The van der Waals surface area contributed by atoms with E-state index >= 15 is 0 Å². The fourth-order valence-corrected chi connectivity index (χ4v) is 7.74. The van der Waals surface area contributed by atoms with Crippen molar-refractivity contribution in [1.29, 1.82) is 5.26 Å². The Morgan fingerprint density at radius 2 is 1.85 bits per heavy atom. The molecule has 15 heteroatoms. The van der Waals surface area contributed by atoms with Crippen LogP contribution in [0.1, 0.15) is 16.9 Å². The summed E-state index contributed by atoms with van der Waals surface area (Å²) in [4.78, 5) is 21.9. The summed E-state index contributed by atoms with van der Waals surface area (Å²) in [7, 11) is -9.93. The number of pyridine rings is 1. The second-order valence-electron chi connectivity index (χ2n) is 8.34. The van der Waals surface area contributed by atoms with Gasteiger partial charge >= 0.3 is 0 Å². The number of alkyl halides is 1. The summed E-state index contributed by atoms with van der Waals surface area (Å²) >= 11 is 6.60. The van der Waals surface area contributed by atoms with Crippen molar-refractivity contribution in [1.82, 2.24) is 4.72 Å². The first-order valence-electron chi connectivity index (χ1n) is 11.6. The highest BCUT2D eigenvalue weighted by Gasteiger charge is 2.30. The van der Waals surface area contributed by atoms with Gasteiger partial charge in [0.05, 0.1) is 11.4 Å². The summed E-state index contributed by atoms with van der Waals surface area (Å²) in [5, 5.41) is 9.37. The SMILES string of the molecule is N#Cc1ccc(C(NS(=O)(=O)c2cc3cc(OCCCl)c(OCC[n+]4ccccc4)cc3s2)P(=O)([O-])O)cc1F. The van der Waals surface area contributed by atoms with Gasteiger partial charge in [-0.2, -0.15) is 9.98 Å². The first kappa shape index (κ1) is 29.9. The molecule has 0 aliphatic heterocycles. The molecule has 10 nitrogen and oxygen atoms in total. The maximum atomic E-state index is 14.1. The van der Waals surface area contributed by atoms with Gasteiger partial charge in [0.1, 0.15) is 35.1 Å². The zero-order chi connectivity index (χ0) is 28.9. The molecule has 0 fully saturated rings. The Morgan fingerprint density at radius 1 is 1.15 bits per heavy atom. The quantitative estimate of drug-likeness (QED) is 0.138. The van der Waals surface area contributed by atoms with E-state index in [1.807, 2.05) is 39.9 Å². The maximum absolute atomic E-state index is 14.1. The first-order valence-corrected chi connectivity index (χ1v) is 16.1. The number of ether oxygens (including phenoxy) is 2. The maximum Gasteiger partial charge on any atom is 0.251 e. The Balaban J connectivity index is 1.64. The number of fused-ring (bicyclic) bond motifs is 1. The van der Waals surface area contributed by atoms with Crippen LogP contribution in [0.3, 0.4) is 0 Å². The van der Waals surface area contributed by atoms with Crippen LogP contribution in [0.4, 0.5) is 4.39 Å². The van der Waals surface area contributed by atoms with Crippen molar-refractivity contribution in [3.8, 4) is 17.6 Å². The summed E-state index contributed by atoms with van der Waals surface area (Å²) in [6.45, 7) is 0.995. The Bertz CT molecular complexity index is 1710. The largest absolute Gasteiger partial charge is 0.777 e. The van der Waals surface area contributed by atoms with Gasteiger partial charge in [0, 0.05) is 22.9 Å². The van der Waals surface area contributed by atoms with E-state index in [0.717, 1.165) is 23.5 Å². The third-order valence-electron chi connectivity index (χ3n) is 5.57. The number of thiophene rings is 1. The summed E-state index contributed by atoms with van der Waals surface area (Å²) in [6.07, 6.45) is 3.76. The lowest BCUT2D eigenvalue weighted by molar-refractivity contribution is -0.697. The average molecular weight is 626 g/mol. The molecule has 0 spiro atoms. The van der Waals surface area contributed by atoms with Crippen LogP contribution < -0.4 is 23.7 Å². The molecule has 0 bridgehead atoms. The lowest BCUT2D eigenvalue weighted by atomic mass is 10.1. The Kier molecular flexibility index (Phi) is 9.43. The van der Waals surface area contributed by atoms with Gasteiger partial charge in [-0.15, -0.1) is 22.9 Å². The average Bonchev–Trinajstić information content (AvgIpc) is 3.34. The third-order valence-corrected chi connectivity index (χ3v) is 9.97. The number of rotatable bonds is 12. The van der Waals surface area contributed by atoms with Crippen LogP contribution in [-0.2, 0) is 21.1 Å². The zero-order valence-corrected chi connectivity index (χ0v) is 23.9. The number of aromatic nitrogens is 1. The topological polar surface area (TPSA) is 153 Å². The van der Waals surface area contributed by atoms with Gasteiger partial charge in [-0.05, 0) is 35.2 Å². The highest BCUT2D eigenvalue weighted by atomic mass is 35.5. The van der Waals surface area contributed by atoms with Crippen molar-refractivity contribution in [3.63, 3.8) is 0 Å². The van der Waals surface area contributed by atoms with Crippen molar-refractivity contribution >= 4 is 50.6 Å². The predicted molar refractivity (Wildman–Crippen MR) is 144 cm³/mol. The minimum Gasteiger partial charge on any atom is -0.777 e. The Morgan fingerprint density at radius 3 is 2.50 bits per heavy atom. The standard InChI is InChI=1S/C25H22ClFN3O7PS2/c26-6-10-36-21-13-19-14-24(39-23(19)15-22(21)37-11-9-30-7-2-1-3-8-30)40(34,35)29-25(38(31,32)33)17-4-5-18(16-28)20(27)12-17/h1-5,7-8,12-15,25,29H,6,9-11H2,(H-,31,32,33). The molecule has 0 radical (unpaired) electrons. The monoisotopic (exact) mass is 625 g/mol. The second kappa shape index (κ2) is 12.6. The Labute approximate surface area is 238 Å². The van der Waals surface area contributed by atoms with Crippen LogP contribution in [-0.4, -0.2) is 32.4 Å². The van der Waals surface area contributed by atoms with E-state index < -0.39 is 34.8 Å². The summed E-state index contributed by atoms with van der Waals surface area (Å²) in [5.41, 5.74) is -0.771. The molecule has 2 unspecified atom stereocenters. The van der Waals surface area contributed by atoms with Gasteiger partial charge in [-0.3, -0.25) is 0 Å². The smallest absolute Gasteiger partial charge is 0.251 e. The second-order valence-corrected chi connectivity index (χ2v) is 13.4. The van der Waals surface area contributed by atoms with Crippen molar-refractivity contribution in [3.05, 3.63) is 83.9 Å². The molecule has 0 amide bonds. The number of benzene rings is 2. The van der Waals surface area contributed by atoms with Crippen LogP contribution in [0.15, 0.2) is 71.2 Å². The van der Waals surface area contributed by atoms with Crippen LogP contribution in [0, 0.1) is 17.1 Å².